The number of piperidine rings is 1. The maximum Gasteiger partial charge on any atom is 0.416 e. The van der Waals surface area contributed by atoms with Crippen LogP contribution in [0, 0.1) is 11.3 Å². The number of benzene rings is 2. The Hall–Kier alpha value is -2.60. The molecule has 3 nitrogen and oxygen atoms in total. The van der Waals surface area contributed by atoms with E-state index in [-0.39, 0.29) is 5.92 Å². The van der Waals surface area contributed by atoms with Gasteiger partial charge in [0.25, 0.3) is 0 Å². The number of nitrogens with one attached hydrogen (secondary N) is 1. The predicted molar refractivity (Wildman–Crippen MR) is 104 cm³/mol. The molecular weight excluding hydrogens is 363 g/mol. The standard InChI is InChI=1S/C22H22F3N3/c23-22(24,25)18-6-8-19(9-7-18)28-13-10-17-15-27(12-11-20(17)21(28)26)14-16-4-2-1-3-5-16/h1-10,20,26H,11-15H2. The van der Waals surface area contributed by atoms with Gasteiger partial charge in [0, 0.05) is 31.2 Å². The molecule has 2 aliphatic heterocycles. The van der Waals surface area contributed by atoms with Crippen molar-refractivity contribution in [2.24, 2.45) is 5.92 Å². The van der Waals surface area contributed by atoms with Crippen molar-refractivity contribution >= 4 is 11.5 Å². The Morgan fingerprint density at radius 3 is 2.39 bits per heavy atom. The summed E-state index contributed by atoms with van der Waals surface area (Å²) in [5, 5.41) is 8.62. The lowest BCUT2D eigenvalue weighted by Gasteiger charge is -2.41. The predicted octanol–water partition coefficient (Wildman–Crippen LogP) is 4.95. The van der Waals surface area contributed by atoms with E-state index in [1.54, 1.807) is 4.90 Å². The number of hydrogen-bond acceptors (Lipinski definition) is 2. The average Bonchev–Trinajstić information content (AvgIpc) is 2.68. The second-order valence-corrected chi connectivity index (χ2v) is 7.36. The minimum absolute atomic E-state index is 0.0445. The molecular formula is C22H22F3N3. The van der Waals surface area contributed by atoms with Crippen molar-refractivity contribution in [1.29, 1.82) is 5.41 Å². The molecule has 4 rings (SSSR count). The number of fused-ring (bicyclic) bond motifs is 1. The largest absolute Gasteiger partial charge is 0.416 e. The normalized spacial score (nSPS) is 20.7. The molecule has 2 aromatic carbocycles. The van der Waals surface area contributed by atoms with Gasteiger partial charge in [0.1, 0.15) is 5.84 Å². The summed E-state index contributed by atoms with van der Waals surface area (Å²) in [5.41, 5.74) is 2.50. The third kappa shape index (κ3) is 3.83. The van der Waals surface area contributed by atoms with Crippen LogP contribution in [0.5, 0.6) is 0 Å². The first kappa shape index (κ1) is 18.7. The van der Waals surface area contributed by atoms with E-state index in [9.17, 15) is 13.2 Å². The van der Waals surface area contributed by atoms with Crippen molar-refractivity contribution < 1.29 is 13.2 Å². The topological polar surface area (TPSA) is 30.3 Å². The second kappa shape index (κ2) is 7.43. The highest BCUT2D eigenvalue weighted by molar-refractivity contribution is 6.00. The first-order valence-corrected chi connectivity index (χ1v) is 9.40. The highest BCUT2D eigenvalue weighted by Gasteiger charge is 2.34. The minimum atomic E-state index is -4.34. The van der Waals surface area contributed by atoms with Crippen LogP contribution in [-0.2, 0) is 12.7 Å². The lowest BCUT2D eigenvalue weighted by atomic mass is 9.86. The van der Waals surface area contributed by atoms with E-state index >= 15 is 0 Å². The van der Waals surface area contributed by atoms with Gasteiger partial charge in [-0.05, 0) is 48.4 Å². The molecule has 0 aromatic heterocycles. The van der Waals surface area contributed by atoms with E-state index in [0.29, 0.717) is 18.1 Å². The summed E-state index contributed by atoms with van der Waals surface area (Å²) in [6.07, 6.45) is -1.35. The van der Waals surface area contributed by atoms with Crippen LogP contribution in [0.15, 0.2) is 66.2 Å². The second-order valence-electron chi connectivity index (χ2n) is 7.36. The van der Waals surface area contributed by atoms with E-state index < -0.39 is 11.7 Å². The summed E-state index contributed by atoms with van der Waals surface area (Å²) >= 11 is 0. The van der Waals surface area contributed by atoms with E-state index in [4.69, 9.17) is 5.41 Å². The molecule has 1 fully saturated rings. The number of rotatable bonds is 3. The van der Waals surface area contributed by atoms with Crippen molar-refractivity contribution in [3.8, 4) is 0 Å². The Morgan fingerprint density at radius 2 is 1.71 bits per heavy atom. The van der Waals surface area contributed by atoms with Gasteiger partial charge in [0.15, 0.2) is 0 Å². The fraction of sp³-hybridized carbons (Fsp3) is 0.318. The third-order valence-electron chi connectivity index (χ3n) is 5.50. The van der Waals surface area contributed by atoms with Crippen molar-refractivity contribution in [2.45, 2.75) is 19.1 Å². The Bertz CT molecular complexity index is 872. The first-order valence-electron chi connectivity index (χ1n) is 9.40. The number of hydrogen-bond donors (Lipinski definition) is 1. The zero-order valence-electron chi connectivity index (χ0n) is 15.4. The maximum absolute atomic E-state index is 12.8. The minimum Gasteiger partial charge on any atom is -0.326 e. The number of anilines is 1. The Balaban J connectivity index is 1.46. The number of amidine groups is 1. The third-order valence-corrected chi connectivity index (χ3v) is 5.50. The van der Waals surface area contributed by atoms with Gasteiger partial charge in [-0.15, -0.1) is 0 Å². The van der Waals surface area contributed by atoms with E-state index in [1.807, 2.05) is 18.2 Å². The highest BCUT2D eigenvalue weighted by atomic mass is 19.4. The van der Waals surface area contributed by atoms with Crippen LogP contribution >= 0.6 is 0 Å². The smallest absolute Gasteiger partial charge is 0.326 e. The highest BCUT2D eigenvalue weighted by Crippen LogP contribution is 2.34. The van der Waals surface area contributed by atoms with Crippen LogP contribution in [0.4, 0.5) is 18.9 Å². The molecule has 1 saturated heterocycles. The Kier molecular flexibility index (Phi) is 4.98. The number of halogens is 3. The zero-order valence-corrected chi connectivity index (χ0v) is 15.4. The fourth-order valence-corrected chi connectivity index (χ4v) is 4.01. The van der Waals surface area contributed by atoms with Crippen molar-refractivity contribution in [2.75, 3.05) is 24.5 Å². The first-order chi connectivity index (χ1) is 13.4. The molecule has 146 valence electrons. The lowest BCUT2D eigenvalue weighted by molar-refractivity contribution is -0.137. The molecule has 2 aliphatic rings. The number of nitrogens with zero attached hydrogens (tertiary/aromatic N) is 2. The fourth-order valence-electron chi connectivity index (χ4n) is 4.01. The molecule has 1 atom stereocenters. The van der Waals surface area contributed by atoms with Crippen LogP contribution in [0.3, 0.4) is 0 Å². The van der Waals surface area contributed by atoms with Gasteiger partial charge in [-0.25, -0.2) is 0 Å². The van der Waals surface area contributed by atoms with Gasteiger partial charge in [-0.1, -0.05) is 36.4 Å². The molecule has 28 heavy (non-hydrogen) atoms. The summed E-state index contributed by atoms with van der Waals surface area (Å²) in [6.45, 7) is 3.15. The Morgan fingerprint density at radius 1 is 1.00 bits per heavy atom. The van der Waals surface area contributed by atoms with Gasteiger partial charge in [0.2, 0.25) is 0 Å². The summed E-state index contributed by atoms with van der Waals surface area (Å²) in [5.74, 6) is 0.527. The van der Waals surface area contributed by atoms with Crippen LogP contribution in [-0.4, -0.2) is 30.4 Å². The summed E-state index contributed by atoms with van der Waals surface area (Å²) in [4.78, 5) is 4.19. The lowest BCUT2D eigenvalue weighted by Crippen LogP contribution is -2.47. The summed E-state index contributed by atoms with van der Waals surface area (Å²) in [7, 11) is 0. The molecule has 1 N–H and O–H groups in total. The van der Waals surface area contributed by atoms with Crippen molar-refractivity contribution in [1.82, 2.24) is 4.90 Å². The van der Waals surface area contributed by atoms with Gasteiger partial charge < -0.3 is 4.90 Å². The molecule has 6 heteroatoms. The quantitative estimate of drug-likeness (QED) is 0.758. The zero-order chi connectivity index (χ0) is 19.7. The maximum atomic E-state index is 12.8. The molecule has 0 bridgehead atoms. The summed E-state index contributed by atoms with van der Waals surface area (Å²) in [6, 6.07) is 15.4. The van der Waals surface area contributed by atoms with Crippen LogP contribution in [0.25, 0.3) is 0 Å². The number of alkyl halides is 3. The monoisotopic (exact) mass is 385 g/mol. The van der Waals surface area contributed by atoms with Crippen LogP contribution in [0.1, 0.15) is 17.5 Å². The number of likely N-dealkylation sites (tertiary alicyclic amines) is 1. The van der Waals surface area contributed by atoms with E-state index in [2.05, 4.69) is 23.1 Å². The van der Waals surface area contributed by atoms with Crippen LogP contribution < -0.4 is 4.90 Å². The molecule has 0 saturated carbocycles. The van der Waals surface area contributed by atoms with Crippen LogP contribution in [0.2, 0.25) is 0 Å². The van der Waals surface area contributed by atoms with Crippen molar-refractivity contribution in [3.63, 3.8) is 0 Å². The van der Waals surface area contributed by atoms with E-state index in [0.717, 1.165) is 38.2 Å². The van der Waals surface area contributed by atoms with Gasteiger partial charge in [-0.3, -0.25) is 10.3 Å². The molecule has 2 aromatic rings. The molecule has 0 aliphatic carbocycles. The van der Waals surface area contributed by atoms with E-state index in [1.165, 1.54) is 23.3 Å². The van der Waals surface area contributed by atoms with Gasteiger partial charge in [-0.2, -0.15) is 13.2 Å². The molecule has 0 spiro atoms. The summed E-state index contributed by atoms with van der Waals surface area (Å²) < 4.78 is 38.3. The van der Waals surface area contributed by atoms with Gasteiger partial charge in [0.05, 0.1) is 5.56 Å². The Labute approximate surface area is 162 Å². The molecule has 1 unspecified atom stereocenters. The SMILES string of the molecule is N=C1C2CCN(Cc3ccccc3)CC2=CCN1c1ccc(C(F)(F)F)cc1. The van der Waals surface area contributed by atoms with Gasteiger partial charge >= 0.3 is 6.18 Å². The average molecular weight is 385 g/mol. The van der Waals surface area contributed by atoms with Crippen molar-refractivity contribution in [3.05, 3.63) is 77.4 Å². The molecule has 0 amide bonds. The molecule has 0 radical (unpaired) electrons. The molecule has 2 heterocycles.